The molecule has 11 heteroatoms. The number of nitrogens with one attached hydrogen (secondary N) is 1. The first-order valence-corrected chi connectivity index (χ1v) is 16.2. The minimum atomic E-state index is -4.40. The summed E-state index contributed by atoms with van der Waals surface area (Å²) in [6, 6.07) is 21.5. The van der Waals surface area contributed by atoms with Gasteiger partial charge in [-0.05, 0) is 63.1 Å². The predicted molar refractivity (Wildman–Crippen MR) is 155 cm³/mol. The van der Waals surface area contributed by atoms with Crippen molar-refractivity contribution < 1.29 is 31.5 Å². The van der Waals surface area contributed by atoms with Gasteiger partial charge in [0.2, 0.25) is 10.0 Å². The number of aliphatic hydroxyl groups is 1. The number of rotatable bonds is 10. The highest BCUT2D eigenvalue weighted by atomic mass is 32.2. The van der Waals surface area contributed by atoms with Gasteiger partial charge in [0.1, 0.15) is 11.9 Å². The van der Waals surface area contributed by atoms with E-state index < -0.39 is 44.1 Å². The summed E-state index contributed by atoms with van der Waals surface area (Å²) in [5, 5.41) is 11.7. The van der Waals surface area contributed by atoms with Gasteiger partial charge in [-0.3, -0.25) is 0 Å². The van der Waals surface area contributed by atoms with Crippen LogP contribution >= 0.6 is 0 Å². The third-order valence-corrected chi connectivity index (χ3v) is 10.3. The molecule has 3 aromatic rings. The van der Waals surface area contributed by atoms with Gasteiger partial charge in [-0.25, -0.2) is 30.7 Å². The molecule has 3 aromatic carbocycles. The molecule has 4 rings (SSSR count). The Balaban J connectivity index is 1.74. The third kappa shape index (κ3) is 6.70. The van der Waals surface area contributed by atoms with Crippen molar-refractivity contribution in [3.05, 3.63) is 107 Å². The van der Waals surface area contributed by atoms with Crippen LogP contribution in [-0.4, -0.2) is 51.6 Å². The molecule has 0 saturated heterocycles. The lowest BCUT2D eigenvalue weighted by molar-refractivity contribution is -0.141. The van der Waals surface area contributed by atoms with Gasteiger partial charge in [-0.2, -0.15) is 0 Å². The van der Waals surface area contributed by atoms with Crippen molar-refractivity contribution in [2.24, 2.45) is 5.92 Å². The fraction of sp³-hybridized carbons (Fsp3) is 0.300. The Morgan fingerprint density at radius 1 is 0.878 bits per heavy atom. The molecule has 218 valence electrons. The molecule has 0 bridgehead atoms. The first-order valence-electron chi connectivity index (χ1n) is 13.2. The van der Waals surface area contributed by atoms with Crippen LogP contribution in [0.25, 0.3) is 0 Å². The summed E-state index contributed by atoms with van der Waals surface area (Å²) >= 11 is 0. The van der Waals surface area contributed by atoms with Crippen LogP contribution in [0.5, 0.6) is 0 Å². The average molecular weight is 599 g/mol. The van der Waals surface area contributed by atoms with E-state index in [1.54, 1.807) is 43.3 Å². The molecule has 0 amide bonds. The Labute approximate surface area is 241 Å². The molecule has 0 fully saturated rings. The minimum absolute atomic E-state index is 0.00487. The number of sulfonamides is 2. The number of hydrogen-bond donors (Lipinski definition) is 2. The standard InChI is InChI=1S/C30H34N2O7S2/c1-4-39-30(34)28-20-27(23-8-6-5-7-9-23)26(18-19-31-40(35,36)24-14-10-21(2)11-15-24)29(33)32(28)41(37,38)25-16-12-22(3)13-17-25/h5-17,20,26-27,29,31,33H,4,18-19H2,1-3H3/t26?,27-,29?/m1/s1. The van der Waals surface area contributed by atoms with Crippen molar-refractivity contribution in [1.82, 2.24) is 9.03 Å². The summed E-state index contributed by atoms with van der Waals surface area (Å²) < 4.78 is 62.0. The molecule has 0 spiro atoms. The Morgan fingerprint density at radius 2 is 1.44 bits per heavy atom. The van der Waals surface area contributed by atoms with E-state index in [0.29, 0.717) is 4.31 Å². The zero-order valence-corrected chi connectivity index (χ0v) is 24.7. The van der Waals surface area contributed by atoms with Crippen molar-refractivity contribution in [3.63, 3.8) is 0 Å². The average Bonchev–Trinajstić information content (AvgIpc) is 2.94. The summed E-state index contributed by atoms with van der Waals surface area (Å²) in [5.41, 5.74) is 2.18. The number of aliphatic hydroxyl groups excluding tert-OH is 1. The Kier molecular flexibility index (Phi) is 9.33. The van der Waals surface area contributed by atoms with E-state index in [1.807, 2.05) is 32.0 Å². The van der Waals surface area contributed by atoms with Crippen molar-refractivity contribution in [2.45, 2.75) is 49.1 Å². The van der Waals surface area contributed by atoms with E-state index in [4.69, 9.17) is 4.74 Å². The second kappa shape index (κ2) is 12.6. The van der Waals surface area contributed by atoms with Crippen molar-refractivity contribution in [1.29, 1.82) is 0 Å². The van der Waals surface area contributed by atoms with Gasteiger partial charge in [-0.1, -0.05) is 65.7 Å². The lowest BCUT2D eigenvalue weighted by Gasteiger charge is -2.42. The summed E-state index contributed by atoms with van der Waals surface area (Å²) in [6.07, 6.45) is -0.136. The summed E-state index contributed by atoms with van der Waals surface area (Å²) in [5.74, 6) is -2.31. The predicted octanol–water partition coefficient (Wildman–Crippen LogP) is 3.84. The van der Waals surface area contributed by atoms with E-state index >= 15 is 0 Å². The largest absolute Gasteiger partial charge is 0.461 e. The van der Waals surface area contributed by atoms with Gasteiger partial charge in [-0.15, -0.1) is 0 Å². The second-order valence-electron chi connectivity index (χ2n) is 9.90. The van der Waals surface area contributed by atoms with Crippen LogP contribution in [0, 0.1) is 19.8 Å². The number of esters is 1. The van der Waals surface area contributed by atoms with E-state index in [0.717, 1.165) is 16.7 Å². The van der Waals surface area contributed by atoms with Crippen molar-refractivity contribution in [2.75, 3.05) is 13.2 Å². The molecule has 1 aliphatic heterocycles. The molecule has 2 N–H and O–H groups in total. The molecular weight excluding hydrogens is 564 g/mol. The van der Waals surface area contributed by atoms with E-state index in [1.165, 1.54) is 30.3 Å². The zero-order valence-electron chi connectivity index (χ0n) is 23.1. The molecule has 1 heterocycles. The van der Waals surface area contributed by atoms with Crippen molar-refractivity contribution in [3.8, 4) is 0 Å². The number of carbonyl (C=O) groups is 1. The quantitative estimate of drug-likeness (QED) is 0.339. The highest BCUT2D eigenvalue weighted by molar-refractivity contribution is 7.89. The van der Waals surface area contributed by atoms with Crippen LogP contribution in [0.1, 0.15) is 36.0 Å². The van der Waals surface area contributed by atoms with E-state index in [-0.39, 0.29) is 35.1 Å². The van der Waals surface area contributed by atoms with Gasteiger partial charge in [0.15, 0.2) is 0 Å². The maximum atomic E-state index is 13.9. The minimum Gasteiger partial charge on any atom is -0.461 e. The first-order chi connectivity index (χ1) is 19.5. The molecule has 41 heavy (non-hydrogen) atoms. The molecule has 0 radical (unpaired) electrons. The van der Waals surface area contributed by atoms with Gasteiger partial charge >= 0.3 is 5.97 Å². The number of nitrogens with zero attached hydrogens (tertiary/aromatic N) is 1. The maximum absolute atomic E-state index is 13.9. The fourth-order valence-electron chi connectivity index (χ4n) is 4.84. The fourth-order valence-corrected chi connectivity index (χ4v) is 7.43. The van der Waals surface area contributed by atoms with Gasteiger partial charge in [0, 0.05) is 18.4 Å². The topological polar surface area (TPSA) is 130 Å². The summed E-state index contributed by atoms with van der Waals surface area (Å²) in [7, 11) is -8.25. The van der Waals surface area contributed by atoms with Gasteiger partial charge in [0.05, 0.1) is 16.4 Å². The van der Waals surface area contributed by atoms with Crippen LogP contribution in [0.2, 0.25) is 0 Å². The van der Waals surface area contributed by atoms with Crippen molar-refractivity contribution >= 4 is 26.0 Å². The van der Waals surface area contributed by atoms with Gasteiger partial charge in [0.25, 0.3) is 10.0 Å². The number of allylic oxidation sites excluding steroid dienone is 1. The number of carbonyl (C=O) groups excluding carboxylic acids is 1. The lowest BCUT2D eigenvalue weighted by atomic mass is 9.80. The molecule has 3 atom stereocenters. The van der Waals surface area contributed by atoms with E-state index in [9.17, 15) is 26.7 Å². The molecular formula is C30H34N2O7S2. The highest BCUT2D eigenvalue weighted by Crippen LogP contribution is 2.41. The summed E-state index contributed by atoms with van der Waals surface area (Å²) in [4.78, 5) is 13.1. The number of aryl methyl sites for hydroxylation is 2. The first kappa shape index (κ1) is 30.4. The maximum Gasteiger partial charge on any atom is 0.355 e. The second-order valence-corrected chi connectivity index (χ2v) is 13.5. The number of benzene rings is 3. The Hall–Kier alpha value is -3.51. The van der Waals surface area contributed by atoms with Crippen LogP contribution in [-0.2, 0) is 29.6 Å². The molecule has 9 nitrogen and oxygen atoms in total. The molecule has 2 unspecified atom stereocenters. The van der Waals surface area contributed by atoms with Gasteiger partial charge < -0.3 is 9.84 Å². The zero-order chi connectivity index (χ0) is 29.8. The molecule has 0 saturated carbocycles. The van der Waals surface area contributed by atoms with Crippen LogP contribution < -0.4 is 4.72 Å². The van der Waals surface area contributed by atoms with Crippen LogP contribution in [0.15, 0.2) is 100 Å². The smallest absolute Gasteiger partial charge is 0.355 e. The highest BCUT2D eigenvalue weighted by Gasteiger charge is 2.46. The molecule has 0 aliphatic carbocycles. The number of hydrogen-bond acceptors (Lipinski definition) is 7. The SMILES string of the molecule is CCOC(=O)C1=C[C@H](c2ccccc2)C(CCNS(=O)(=O)c2ccc(C)cc2)C(O)N1S(=O)(=O)c1ccc(C)cc1. The monoisotopic (exact) mass is 598 g/mol. The normalized spacial score (nSPS) is 19.5. The Bertz CT molecular complexity index is 1600. The van der Waals surface area contributed by atoms with Crippen LogP contribution in [0.4, 0.5) is 0 Å². The molecule has 1 aliphatic rings. The summed E-state index contributed by atoms with van der Waals surface area (Å²) in [6.45, 7) is 5.20. The Morgan fingerprint density at radius 3 is 2.00 bits per heavy atom. The third-order valence-electron chi connectivity index (χ3n) is 7.01. The lowest BCUT2D eigenvalue weighted by Crippen LogP contribution is -2.51. The number of ether oxygens (including phenoxy) is 1. The van der Waals surface area contributed by atoms with E-state index in [2.05, 4.69) is 4.72 Å². The molecule has 0 aromatic heterocycles. The van der Waals surface area contributed by atoms with Crippen LogP contribution in [0.3, 0.4) is 0 Å².